The summed E-state index contributed by atoms with van der Waals surface area (Å²) in [5.74, 6) is 0.835. The van der Waals surface area contributed by atoms with Crippen LogP contribution in [0.15, 0.2) is 36.4 Å². The highest BCUT2D eigenvalue weighted by molar-refractivity contribution is 6.35. The lowest BCUT2D eigenvalue weighted by molar-refractivity contribution is 0.112. The van der Waals surface area contributed by atoms with Gasteiger partial charge in [0.1, 0.15) is 6.29 Å². The molecule has 5 rings (SSSR count). The van der Waals surface area contributed by atoms with E-state index in [2.05, 4.69) is 28.4 Å². The molecule has 0 radical (unpaired) electrons. The van der Waals surface area contributed by atoms with Crippen molar-refractivity contribution in [2.45, 2.75) is 44.1 Å². The number of carbonyl (C=O) groups excluding carboxylic acids is 1. The zero-order valence-electron chi connectivity index (χ0n) is 16.0. The van der Waals surface area contributed by atoms with E-state index in [0.717, 1.165) is 5.92 Å². The molecule has 2 aliphatic heterocycles. The molecule has 0 amide bonds. The SMILES string of the molecule is O=Cc1cc(Cl)cc(Cl)c1.c1cc2c(cc1N1CCCCC1)[C@@H]1CC2CCN1. The Bertz CT molecular complexity index is 828. The van der Waals surface area contributed by atoms with Crippen molar-refractivity contribution in [1.82, 2.24) is 5.32 Å². The number of fused-ring (bicyclic) bond motifs is 5. The molecule has 3 nitrogen and oxygen atoms in total. The third kappa shape index (κ3) is 4.37. The van der Waals surface area contributed by atoms with Crippen molar-refractivity contribution < 1.29 is 4.79 Å². The zero-order chi connectivity index (χ0) is 19.5. The van der Waals surface area contributed by atoms with Gasteiger partial charge in [0.05, 0.1) is 0 Å². The first-order valence-corrected chi connectivity index (χ1v) is 10.9. The number of nitrogens with zero attached hydrogens (tertiary/aromatic N) is 1. The standard InChI is InChI=1S/C16H22N2.C7H4Cl2O/c1-2-8-18(9-3-1)13-4-5-14-12-6-7-17-16(10-12)15(14)11-13;8-6-1-5(4-10)2-7(9)3-6/h4-5,11-12,16-17H,1-3,6-10H2;1-4H/t12?,16-;/m0./s1. The summed E-state index contributed by atoms with van der Waals surface area (Å²) in [4.78, 5) is 12.8. The maximum atomic E-state index is 10.2. The molecule has 28 heavy (non-hydrogen) atoms. The molecule has 0 spiro atoms. The van der Waals surface area contributed by atoms with E-state index in [9.17, 15) is 4.79 Å². The van der Waals surface area contributed by atoms with Gasteiger partial charge in [-0.15, -0.1) is 0 Å². The molecule has 2 atom stereocenters. The fourth-order valence-electron chi connectivity index (χ4n) is 4.66. The Morgan fingerprint density at radius 3 is 2.43 bits per heavy atom. The molecule has 0 aromatic heterocycles. The lowest BCUT2D eigenvalue weighted by Crippen LogP contribution is -2.29. The lowest BCUT2D eigenvalue weighted by Gasteiger charge is -2.29. The largest absolute Gasteiger partial charge is 0.372 e. The van der Waals surface area contributed by atoms with Crippen LogP contribution in [0.2, 0.25) is 10.0 Å². The zero-order valence-corrected chi connectivity index (χ0v) is 17.5. The summed E-state index contributed by atoms with van der Waals surface area (Å²) in [7, 11) is 0. The first-order valence-electron chi connectivity index (χ1n) is 10.2. The number of piperidine rings is 2. The van der Waals surface area contributed by atoms with Gasteiger partial charge in [0.15, 0.2) is 0 Å². The number of hydrogen-bond acceptors (Lipinski definition) is 3. The first-order chi connectivity index (χ1) is 13.6. The van der Waals surface area contributed by atoms with Gasteiger partial charge in [-0.3, -0.25) is 4.79 Å². The highest BCUT2D eigenvalue weighted by atomic mass is 35.5. The molecular formula is C23H26Cl2N2O. The molecule has 1 unspecified atom stereocenters. The number of carbonyl (C=O) groups is 1. The number of aldehydes is 1. The van der Waals surface area contributed by atoms with Gasteiger partial charge < -0.3 is 10.2 Å². The lowest BCUT2D eigenvalue weighted by atomic mass is 9.96. The Hall–Kier alpha value is -1.55. The summed E-state index contributed by atoms with van der Waals surface area (Å²) in [6.07, 6.45) is 7.50. The van der Waals surface area contributed by atoms with Crippen molar-refractivity contribution in [3.8, 4) is 0 Å². The average molecular weight is 417 g/mol. The van der Waals surface area contributed by atoms with Crippen LogP contribution in [-0.4, -0.2) is 25.9 Å². The first kappa shape index (κ1) is 19.8. The molecule has 5 heteroatoms. The summed E-state index contributed by atoms with van der Waals surface area (Å²) in [5.41, 5.74) is 5.19. The molecular weight excluding hydrogens is 391 g/mol. The third-order valence-electron chi connectivity index (χ3n) is 6.03. The Kier molecular flexibility index (Phi) is 6.25. The Morgan fingerprint density at radius 2 is 1.71 bits per heavy atom. The summed E-state index contributed by atoms with van der Waals surface area (Å²) in [6.45, 7) is 3.70. The van der Waals surface area contributed by atoms with Crippen molar-refractivity contribution >= 4 is 35.2 Å². The van der Waals surface area contributed by atoms with Crippen LogP contribution in [0.1, 0.15) is 65.5 Å². The molecule has 148 valence electrons. The summed E-state index contributed by atoms with van der Waals surface area (Å²) in [6, 6.07) is 12.6. The number of benzene rings is 2. The quantitative estimate of drug-likeness (QED) is 0.608. The van der Waals surface area contributed by atoms with Crippen LogP contribution in [0.4, 0.5) is 5.69 Å². The van der Waals surface area contributed by atoms with Crippen molar-refractivity contribution in [2.75, 3.05) is 24.5 Å². The maximum Gasteiger partial charge on any atom is 0.150 e. The summed E-state index contributed by atoms with van der Waals surface area (Å²) in [5, 5.41) is 4.64. The second kappa shape index (κ2) is 8.86. The van der Waals surface area contributed by atoms with Gasteiger partial charge in [0.2, 0.25) is 0 Å². The maximum absolute atomic E-state index is 10.2. The van der Waals surface area contributed by atoms with Crippen LogP contribution in [0.5, 0.6) is 0 Å². The molecule has 2 aromatic carbocycles. The molecule has 2 fully saturated rings. The predicted octanol–water partition coefficient (Wildman–Crippen LogP) is 6.00. The number of rotatable bonds is 2. The van der Waals surface area contributed by atoms with Crippen molar-refractivity contribution in [1.29, 1.82) is 0 Å². The van der Waals surface area contributed by atoms with E-state index < -0.39 is 0 Å². The van der Waals surface area contributed by atoms with E-state index >= 15 is 0 Å². The average Bonchev–Trinajstić information content (AvgIpc) is 2.97. The number of halogens is 2. The molecule has 2 bridgehead atoms. The van der Waals surface area contributed by atoms with Crippen LogP contribution in [-0.2, 0) is 0 Å². The van der Waals surface area contributed by atoms with E-state index in [-0.39, 0.29) is 0 Å². The van der Waals surface area contributed by atoms with Gasteiger partial charge in [-0.2, -0.15) is 0 Å². The van der Waals surface area contributed by atoms with Gasteiger partial charge in [0, 0.05) is 40.4 Å². The van der Waals surface area contributed by atoms with E-state index in [0.29, 0.717) is 27.9 Å². The number of hydrogen-bond donors (Lipinski definition) is 1. The van der Waals surface area contributed by atoms with E-state index in [1.165, 1.54) is 57.4 Å². The molecule has 3 aliphatic rings. The van der Waals surface area contributed by atoms with Gasteiger partial charge in [-0.05, 0) is 86.0 Å². The highest BCUT2D eigenvalue weighted by Crippen LogP contribution is 2.45. The van der Waals surface area contributed by atoms with Gasteiger partial charge >= 0.3 is 0 Å². The van der Waals surface area contributed by atoms with Crippen LogP contribution in [0.25, 0.3) is 0 Å². The molecule has 0 saturated carbocycles. The Morgan fingerprint density at radius 1 is 0.964 bits per heavy atom. The van der Waals surface area contributed by atoms with Crippen LogP contribution < -0.4 is 10.2 Å². The van der Waals surface area contributed by atoms with Crippen LogP contribution >= 0.6 is 23.2 Å². The molecule has 2 heterocycles. The second-order valence-corrected chi connectivity index (χ2v) is 8.78. The topological polar surface area (TPSA) is 32.3 Å². The van der Waals surface area contributed by atoms with E-state index in [1.54, 1.807) is 29.3 Å². The minimum Gasteiger partial charge on any atom is -0.372 e. The van der Waals surface area contributed by atoms with Crippen molar-refractivity contribution in [2.24, 2.45) is 0 Å². The van der Waals surface area contributed by atoms with E-state index in [4.69, 9.17) is 23.2 Å². The predicted molar refractivity (Wildman–Crippen MR) is 117 cm³/mol. The minimum atomic E-state index is 0.481. The Labute approximate surface area is 177 Å². The summed E-state index contributed by atoms with van der Waals surface area (Å²) < 4.78 is 0. The van der Waals surface area contributed by atoms with Gasteiger partial charge in [-0.25, -0.2) is 0 Å². The number of anilines is 1. The number of nitrogens with one attached hydrogen (secondary N) is 1. The van der Waals surface area contributed by atoms with Crippen LogP contribution in [0.3, 0.4) is 0 Å². The summed E-state index contributed by atoms with van der Waals surface area (Å²) >= 11 is 11.2. The van der Waals surface area contributed by atoms with Crippen LogP contribution in [0, 0.1) is 0 Å². The fraction of sp³-hybridized carbons (Fsp3) is 0.435. The molecule has 2 aromatic rings. The third-order valence-corrected chi connectivity index (χ3v) is 6.47. The molecule has 1 aliphatic carbocycles. The Balaban J connectivity index is 0.000000165. The smallest absolute Gasteiger partial charge is 0.150 e. The van der Waals surface area contributed by atoms with Gasteiger partial charge in [-0.1, -0.05) is 29.3 Å². The molecule has 1 N–H and O–H groups in total. The normalized spacial score (nSPS) is 22.9. The van der Waals surface area contributed by atoms with Gasteiger partial charge in [0.25, 0.3) is 0 Å². The second-order valence-electron chi connectivity index (χ2n) is 7.91. The minimum absolute atomic E-state index is 0.481. The van der Waals surface area contributed by atoms with Crippen molar-refractivity contribution in [3.63, 3.8) is 0 Å². The fourth-order valence-corrected chi connectivity index (χ4v) is 5.21. The molecule has 2 saturated heterocycles. The van der Waals surface area contributed by atoms with Crippen molar-refractivity contribution in [3.05, 3.63) is 63.1 Å². The highest BCUT2D eigenvalue weighted by Gasteiger charge is 2.34. The monoisotopic (exact) mass is 416 g/mol. The van der Waals surface area contributed by atoms with E-state index in [1.807, 2.05) is 0 Å².